The number of aryl methyl sites for hydroxylation is 1. The van der Waals surface area contributed by atoms with Crippen molar-refractivity contribution in [3.8, 4) is 23.1 Å². The summed E-state index contributed by atoms with van der Waals surface area (Å²) in [6, 6.07) is 17.1. The van der Waals surface area contributed by atoms with E-state index >= 15 is 0 Å². The average Bonchev–Trinajstić information content (AvgIpc) is 3.07. The Morgan fingerprint density at radius 2 is 1.78 bits per heavy atom. The smallest absolute Gasteiger partial charge is 0.120 e. The molecule has 1 aliphatic rings. The summed E-state index contributed by atoms with van der Waals surface area (Å²) in [5.74, 6) is 0.811. The van der Waals surface area contributed by atoms with Crippen LogP contribution in [-0.4, -0.2) is 24.8 Å². The van der Waals surface area contributed by atoms with Gasteiger partial charge in [-0.3, -0.25) is 0 Å². The van der Waals surface area contributed by atoms with Gasteiger partial charge >= 0.3 is 0 Å². The van der Waals surface area contributed by atoms with Gasteiger partial charge in [0.1, 0.15) is 11.8 Å². The summed E-state index contributed by atoms with van der Waals surface area (Å²) >= 11 is 0. The average molecular weight is 359 g/mol. The van der Waals surface area contributed by atoms with Crippen molar-refractivity contribution in [3.63, 3.8) is 0 Å². The van der Waals surface area contributed by atoms with E-state index in [0.717, 1.165) is 53.1 Å². The zero-order valence-corrected chi connectivity index (χ0v) is 16.0. The molecule has 0 radical (unpaired) electrons. The van der Waals surface area contributed by atoms with Crippen LogP contribution in [0.1, 0.15) is 31.7 Å². The highest BCUT2D eigenvalue weighted by Crippen LogP contribution is 2.36. The number of hydrogen-bond acceptors (Lipinski definition) is 3. The second kappa shape index (κ2) is 7.36. The van der Waals surface area contributed by atoms with Crippen LogP contribution in [0.2, 0.25) is 0 Å². The molecule has 1 aromatic heterocycles. The fraction of sp³-hybridized carbons (Fsp3) is 0.348. The molecule has 138 valence electrons. The van der Waals surface area contributed by atoms with Crippen molar-refractivity contribution in [1.29, 1.82) is 5.26 Å². The fourth-order valence-corrected chi connectivity index (χ4v) is 4.18. The number of benzene rings is 2. The van der Waals surface area contributed by atoms with E-state index < -0.39 is 0 Å². The van der Waals surface area contributed by atoms with E-state index in [0.29, 0.717) is 0 Å². The molecule has 2 heterocycles. The van der Waals surface area contributed by atoms with Gasteiger partial charge in [-0.15, -0.1) is 0 Å². The van der Waals surface area contributed by atoms with E-state index in [1.54, 1.807) is 7.11 Å². The second-order valence-corrected chi connectivity index (χ2v) is 7.06. The molecule has 1 aliphatic heterocycles. The highest BCUT2D eigenvalue weighted by molar-refractivity contribution is 5.95. The van der Waals surface area contributed by atoms with Gasteiger partial charge in [-0.2, -0.15) is 5.26 Å². The lowest BCUT2D eigenvalue weighted by atomic mass is 10.0. The molecule has 3 aromatic rings. The number of fused-ring (bicyclic) bond motifs is 1. The third kappa shape index (κ3) is 3.04. The van der Waals surface area contributed by atoms with Crippen LogP contribution in [0.3, 0.4) is 0 Å². The molecule has 4 nitrogen and oxygen atoms in total. The Morgan fingerprint density at radius 3 is 2.41 bits per heavy atom. The van der Waals surface area contributed by atoms with Crippen LogP contribution in [-0.2, 0) is 6.54 Å². The van der Waals surface area contributed by atoms with Gasteiger partial charge < -0.3 is 14.2 Å². The Balaban J connectivity index is 1.81. The minimum atomic E-state index is 0.736. The molecule has 0 amide bonds. The molecule has 0 unspecified atom stereocenters. The van der Waals surface area contributed by atoms with Crippen LogP contribution < -0.4 is 9.64 Å². The first-order chi connectivity index (χ1) is 13.3. The summed E-state index contributed by atoms with van der Waals surface area (Å²) in [6.07, 6.45) is 3.87. The Hall–Kier alpha value is -2.93. The van der Waals surface area contributed by atoms with Crippen LogP contribution in [0.4, 0.5) is 5.69 Å². The Morgan fingerprint density at radius 1 is 1.04 bits per heavy atom. The van der Waals surface area contributed by atoms with Gasteiger partial charge in [-0.1, -0.05) is 12.1 Å². The Bertz CT molecular complexity index is 989. The number of anilines is 1. The molecule has 0 N–H and O–H groups in total. The third-order valence-corrected chi connectivity index (χ3v) is 5.56. The molecular formula is C23H25N3O. The van der Waals surface area contributed by atoms with Crippen molar-refractivity contribution in [2.75, 3.05) is 25.1 Å². The van der Waals surface area contributed by atoms with Gasteiger partial charge in [0.25, 0.3) is 0 Å². The zero-order chi connectivity index (χ0) is 18.8. The van der Waals surface area contributed by atoms with Crippen molar-refractivity contribution in [2.24, 2.45) is 0 Å². The molecule has 1 saturated heterocycles. The molecule has 27 heavy (non-hydrogen) atoms. The number of nitrogens with zero attached hydrogens (tertiary/aromatic N) is 3. The summed E-state index contributed by atoms with van der Waals surface area (Å²) in [5.41, 5.74) is 5.14. The number of methoxy groups -OCH3 is 1. The summed E-state index contributed by atoms with van der Waals surface area (Å²) < 4.78 is 7.61. The summed E-state index contributed by atoms with van der Waals surface area (Å²) in [4.78, 5) is 2.46. The minimum absolute atomic E-state index is 0.736. The van der Waals surface area contributed by atoms with Crippen molar-refractivity contribution < 1.29 is 4.74 Å². The maximum absolute atomic E-state index is 9.87. The van der Waals surface area contributed by atoms with E-state index in [2.05, 4.69) is 46.7 Å². The number of ether oxygens (including phenoxy) is 1. The van der Waals surface area contributed by atoms with Crippen LogP contribution in [0, 0.1) is 11.3 Å². The van der Waals surface area contributed by atoms with Crippen LogP contribution in [0.5, 0.6) is 5.75 Å². The highest BCUT2D eigenvalue weighted by Gasteiger charge is 2.19. The number of aromatic nitrogens is 1. The maximum atomic E-state index is 9.87. The molecule has 4 heteroatoms. The largest absolute Gasteiger partial charge is 0.497 e. The normalized spacial score (nSPS) is 14.3. The Labute approximate surface area is 160 Å². The monoisotopic (exact) mass is 359 g/mol. The number of piperidine rings is 1. The molecule has 4 rings (SSSR count). The van der Waals surface area contributed by atoms with Gasteiger partial charge in [-0.25, -0.2) is 0 Å². The molecule has 0 bridgehead atoms. The standard InChI is InChI=1S/C23H25N3O/c1-3-26-22-15-19(27-2)11-12-20(22)21(16-24)23(26)17-7-9-18(10-8-17)25-13-5-4-6-14-25/h7-12,15H,3-6,13-14H2,1-2H3. The van der Waals surface area contributed by atoms with Gasteiger partial charge in [0.15, 0.2) is 0 Å². The van der Waals surface area contributed by atoms with Crippen molar-refractivity contribution in [3.05, 3.63) is 48.0 Å². The fourth-order valence-electron chi connectivity index (χ4n) is 4.18. The van der Waals surface area contributed by atoms with E-state index in [-0.39, 0.29) is 0 Å². The lowest BCUT2D eigenvalue weighted by Gasteiger charge is -2.28. The summed E-state index contributed by atoms with van der Waals surface area (Å²) in [6.45, 7) is 5.19. The van der Waals surface area contributed by atoms with Gasteiger partial charge in [0, 0.05) is 36.8 Å². The summed E-state index contributed by atoms with van der Waals surface area (Å²) in [5, 5.41) is 10.9. The second-order valence-electron chi connectivity index (χ2n) is 7.06. The molecule has 0 aliphatic carbocycles. The van der Waals surface area contributed by atoms with Crippen LogP contribution in [0.15, 0.2) is 42.5 Å². The maximum Gasteiger partial charge on any atom is 0.120 e. The third-order valence-electron chi connectivity index (χ3n) is 5.56. The van der Waals surface area contributed by atoms with Gasteiger partial charge in [0.05, 0.1) is 23.9 Å². The van der Waals surface area contributed by atoms with Gasteiger partial charge in [0.2, 0.25) is 0 Å². The predicted octanol–water partition coefficient (Wildman–Crippen LogP) is 5.20. The first kappa shape index (κ1) is 17.5. The molecule has 0 spiro atoms. The lowest BCUT2D eigenvalue weighted by Crippen LogP contribution is -2.29. The van der Waals surface area contributed by atoms with E-state index in [4.69, 9.17) is 4.74 Å². The first-order valence-corrected chi connectivity index (χ1v) is 9.72. The molecule has 0 atom stereocenters. The van der Waals surface area contributed by atoms with E-state index in [1.807, 2.05) is 18.2 Å². The lowest BCUT2D eigenvalue weighted by molar-refractivity contribution is 0.415. The molecule has 1 fully saturated rings. The van der Waals surface area contributed by atoms with Crippen molar-refractivity contribution >= 4 is 16.6 Å². The number of nitriles is 1. The SMILES string of the molecule is CCn1c(-c2ccc(N3CCCCC3)cc2)c(C#N)c2ccc(OC)cc21. The summed E-state index contributed by atoms with van der Waals surface area (Å²) in [7, 11) is 1.67. The Kier molecular flexibility index (Phi) is 4.77. The molecular weight excluding hydrogens is 334 g/mol. The van der Waals surface area contributed by atoms with Crippen LogP contribution >= 0.6 is 0 Å². The molecule has 0 saturated carbocycles. The molecule has 2 aromatic carbocycles. The number of rotatable bonds is 4. The van der Waals surface area contributed by atoms with E-state index in [9.17, 15) is 5.26 Å². The first-order valence-electron chi connectivity index (χ1n) is 9.72. The van der Waals surface area contributed by atoms with Crippen LogP contribution in [0.25, 0.3) is 22.2 Å². The highest BCUT2D eigenvalue weighted by atomic mass is 16.5. The topological polar surface area (TPSA) is 41.2 Å². The number of hydrogen-bond donors (Lipinski definition) is 0. The predicted molar refractivity (Wildman–Crippen MR) is 110 cm³/mol. The quantitative estimate of drug-likeness (QED) is 0.643. The van der Waals surface area contributed by atoms with Crippen molar-refractivity contribution in [1.82, 2.24) is 4.57 Å². The van der Waals surface area contributed by atoms with E-state index in [1.165, 1.54) is 24.9 Å². The minimum Gasteiger partial charge on any atom is -0.497 e. The van der Waals surface area contributed by atoms with Crippen molar-refractivity contribution in [2.45, 2.75) is 32.7 Å². The van der Waals surface area contributed by atoms with Gasteiger partial charge in [-0.05, 0) is 56.0 Å². The zero-order valence-electron chi connectivity index (χ0n) is 16.0.